The Labute approximate surface area is 153 Å². The summed E-state index contributed by atoms with van der Waals surface area (Å²) >= 11 is 0. The number of hydrogen-bond acceptors (Lipinski definition) is 3. The first kappa shape index (κ1) is 20.4. The van der Waals surface area contributed by atoms with Crippen LogP contribution in [0.25, 0.3) is 0 Å². The van der Waals surface area contributed by atoms with Gasteiger partial charge in [0, 0.05) is 12.5 Å². The molecule has 0 bridgehead atoms. The van der Waals surface area contributed by atoms with Gasteiger partial charge in [-0.15, -0.1) is 0 Å². The molecule has 2 atom stereocenters. The largest absolute Gasteiger partial charge is 0.481 e. The topological polar surface area (TPSA) is 86.6 Å². The Morgan fingerprint density at radius 2 is 1.96 bits per heavy atom. The lowest BCUT2D eigenvalue weighted by Gasteiger charge is -2.27. The van der Waals surface area contributed by atoms with Gasteiger partial charge in [-0.05, 0) is 36.5 Å². The van der Waals surface area contributed by atoms with Gasteiger partial charge in [0.05, 0.1) is 12.5 Å². The average Bonchev–Trinajstić information content (AvgIpc) is 2.60. The highest BCUT2D eigenvalue weighted by molar-refractivity contribution is 5.77. The van der Waals surface area contributed by atoms with Crippen LogP contribution in [0.5, 0.6) is 0 Å². The second kappa shape index (κ2) is 10.3. The predicted molar refractivity (Wildman–Crippen MR) is 96.0 cm³/mol. The summed E-state index contributed by atoms with van der Waals surface area (Å²) in [5, 5.41) is 22.0. The van der Waals surface area contributed by atoms with Crippen molar-refractivity contribution in [2.45, 2.75) is 69.9 Å². The molecule has 2 unspecified atom stereocenters. The molecule has 1 aliphatic rings. The number of carbonyl (C=O) groups is 2. The lowest BCUT2D eigenvalue weighted by atomic mass is 9.84. The van der Waals surface area contributed by atoms with E-state index in [0.29, 0.717) is 17.9 Å². The first-order valence-corrected chi connectivity index (χ1v) is 9.38. The Hall–Kier alpha value is -1.95. The molecule has 2 rings (SSSR count). The highest BCUT2D eigenvalue weighted by Crippen LogP contribution is 2.28. The number of carboxylic acids is 1. The lowest BCUT2D eigenvalue weighted by molar-refractivity contribution is -0.137. The number of halogens is 1. The van der Waals surface area contributed by atoms with Crippen LogP contribution in [0.4, 0.5) is 4.39 Å². The standard InChI is InChI=1S/C20H28FNO4/c21-16-8-4-7-15(12-16)18(23)13-19(24)22-17(9-10-20(25)26)11-14-5-2-1-3-6-14/h4,7-8,12,14,17-18,23H,1-3,5-6,9-11,13H2,(H,22,24)(H,25,26). The van der Waals surface area contributed by atoms with Crippen LogP contribution in [0.15, 0.2) is 24.3 Å². The second-order valence-electron chi connectivity index (χ2n) is 7.21. The molecule has 0 spiro atoms. The number of amides is 1. The van der Waals surface area contributed by atoms with Gasteiger partial charge in [0.2, 0.25) is 5.91 Å². The fourth-order valence-corrected chi connectivity index (χ4v) is 3.67. The molecule has 0 radical (unpaired) electrons. The normalized spacial score (nSPS) is 17.5. The van der Waals surface area contributed by atoms with E-state index in [-0.39, 0.29) is 24.8 Å². The molecule has 0 heterocycles. The molecule has 26 heavy (non-hydrogen) atoms. The van der Waals surface area contributed by atoms with Crippen molar-refractivity contribution in [3.8, 4) is 0 Å². The molecule has 1 aromatic rings. The minimum Gasteiger partial charge on any atom is -0.481 e. The number of aliphatic hydroxyl groups is 1. The first-order valence-electron chi connectivity index (χ1n) is 9.38. The molecule has 1 amide bonds. The van der Waals surface area contributed by atoms with Crippen LogP contribution in [-0.4, -0.2) is 28.1 Å². The number of rotatable bonds is 9. The molecule has 0 aromatic heterocycles. The summed E-state index contributed by atoms with van der Waals surface area (Å²) in [6, 6.07) is 5.35. The number of carboxylic acid groups (broad SMARTS) is 1. The Kier molecular flexibility index (Phi) is 8.04. The van der Waals surface area contributed by atoms with E-state index in [1.165, 1.54) is 37.5 Å². The lowest BCUT2D eigenvalue weighted by Crippen LogP contribution is -2.37. The molecule has 144 valence electrons. The van der Waals surface area contributed by atoms with Gasteiger partial charge in [0.15, 0.2) is 0 Å². The van der Waals surface area contributed by atoms with Crippen LogP contribution < -0.4 is 5.32 Å². The van der Waals surface area contributed by atoms with Gasteiger partial charge >= 0.3 is 5.97 Å². The van der Waals surface area contributed by atoms with E-state index >= 15 is 0 Å². The van der Waals surface area contributed by atoms with Gasteiger partial charge in [-0.3, -0.25) is 9.59 Å². The molecule has 0 aliphatic heterocycles. The molecule has 3 N–H and O–H groups in total. The van der Waals surface area contributed by atoms with Gasteiger partial charge in [0.1, 0.15) is 5.82 Å². The zero-order valence-electron chi connectivity index (χ0n) is 15.0. The molecular weight excluding hydrogens is 337 g/mol. The number of nitrogens with one attached hydrogen (secondary N) is 1. The fraction of sp³-hybridized carbons (Fsp3) is 0.600. The average molecular weight is 365 g/mol. The Bertz CT molecular complexity index is 601. The van der Waals surface area contributed by atoms with Crippen molar-refractivity contribution < 1.29 is 24.2 Å². The fourth-order valence-electron chi connectivity index (χ4n) is 3.67. The Balaban J connectivity index is 1.89. The van der Waals surface area contributed by atoms with Gasteiger partial charge in [-0.1, -0.05) is 44.2 Å². The molecule has 1 aliphatic carbocycles. The third-order valence-corrected chi connectivity index (χ3v) is 5.03. The monoisotopic (exact) mass is 365 g/mol. The first-order chi connectivity index (χ1) is 12.4. The van der Waals surface area contributed by atoms with Crippen LogP contribution >= 0.6 is 0 Å². The van der Waals surface area contributed by atoms with Crippen LogP contribution in [0, 0.1) is 11.7 Å². The summed E-state index contributed by atoms with van der Waals surface area (Å²) in [7, 11) is 0. The molecule has 1 fully saturated rings. The van der Waals surface area contributed by atoms with Crippen molar-refractivity contribution >= 4 is 11.9 Å². The zero-order chi connectivity index (χ0) is 18.9. The maximum absolute atomic E-state index is 13.2. The summed E-state index contributed by atoms with van der Waals surface area (Å²) in [6.45, 7) is 0. The number of aliphatic hydroxyl groups excluding tert-OH is 1. The van der Waals surface area contributed by atoms with E-state index in [2.05, 4.69) is 5.32 Å². The van der Waals surface area contributed by atoms with E-state index in [1.54, 1.807) is 6.07 Å². The minimum absolute atomic E-state index is 0.00408. The second-order valence-corrected chi connectivity index (χ2v) is 7.21. The van der Waals surface area contributed by atoms with E-state index in [0.717, 1.165) is 19.3 Å². The van der Waals surface area contributed by atoms with Crippen molar-refractivity contribution in [2.24, 2.45) is 5.92 Å². The van der Waals surface area contributed by atoms with Crippen LogP contribution in [-0.2, 0) is 9.59 Å². The van der Waals surface area contributed by atoms with Crippen molar-refractivity contribution in [2.75, 3.05) is 0 Å². The van der Waals surface area contributed by atoms with Crippen LogP contribution in [0.3, 0.4) is 0 Å². The van der Waals surface area contributed by atoms with Crippen molar-refractivity contribution in [3.63, 3.8) is 0 Å². The van der Waals surface area contributed by atoms with Gasteiger partial charge in [0.25, 0.3) is 0 Å². The van der Waals surface area contributed by atoms with Gasteiger partial charge in [-0.25, -0.2) is 4.39 Å². The number of hydrogen-bond donors (Lipinski definition) is 3. The Morgan fingerprint density at radius 1 is 1.23 bits per heavy atom. The van der Waals surface area contributed by atoms with Crippen molar-refractivity contribution in [1.82, 2.24) is 5.32 Å². The predicted octanol–water partition coefficient (Wildman–Crippen LogP) is 3.57. The zero-order valence-corrected chi connectivity index (χ0v) is 15.0. The smallest absolute Gasteiger partial charge is 0.303 e. The summed E-state index contributed by atoms with van der Waals surface area (Å²) in [5.41, 5.74) is 0.356. The molecule has 1 aromatic carbocycles. The third kappa shape index (κ3) is 7.12. The quantitative estimate of drug-likeness (QED) is 0.624. The number of aliphatic carboxylic acids is 1. The van der Waals surface area contributed by atoms with Crippen molar-refractivity contribution in [1.29, 1.82) is 0 Å². The number of carbonyl (C=O) groups excluding carboxylic acids is 1. The van der Waals surface area contributed by atoms with Crippen LogP contribution in [0.1, 0.15) is 69.5 Å². The van der Waals surface area contributed by atoms with Crippen molar-refractivity contribution in [3.05, 3.63) is 35.6 Å². The summed E-state index contributed by atoms with van der Waals surface area (Å²) < 4.78 is 13.2. The maximum Gasteiger partial charge on any atom is 0.303 e. The van der Waals surface area contributed by atoms with E-state index in [4.69, 9.17) is 5.11 Å². The molecule has 1 saturated carbocycles. The maximum atomic E-state index is 13.2. The molecule has 0 saturated heterocycles. The summed E-state index contributed by atoms with van der Waals surface area (Å²) in [5.74, 6) is -1.17. The minimum atomic E-state index is -1.08. The van der Waals surface area contributed by atoms with Crippen LogP contribution in [0.2, 0.25) is 0 Å². The van der Waals surface area contributed by atoms with E-state index in [9.17, 15) is 19.1 Å². The Morgan fingerprint density at radius 3 is 2.62 bits per heavy atom. The molecule has 6 heteroatoms. The molecular formula is C20H28FNO4. The number of benzene rings is 1. The highest BCUT2D eigenvalue weighted by Gasteiger charge is 2.22. The van der Waals surface area contributed by atoms with Gasteiger partial charge in [-0.2, -0.15) is 0 Å². The van der Waals surface area contributed by atoms with E-state index < -0.39 is 17.9 Å². The summed E-state index contributed by atoms with van der Waals surface area (Å²) in [6.07, 6.45) is 5.75. The SMILES string of the molecule is O=C(O)CCC(CC1CCCCC1)NC(=O)CC(O)c1cccc(F)c1. The highest BCUT2D eigenvalue weighted by atomic mass is 19.1. The summed E-state index contributed by atoms with van der Waals surface area (Å²) in [4.78, 5) is 23.2. The third-order valence-electron chi connectivity index (χ3n) is 5.03. The van der Waals surface area contributed by atoms with E-state index in [1.807, 2.05) is 0 Å². The van der Waals surface area contributed by atoms with Gasteiger partial charge < -0.3 is 15.5 Å². The molecule has 5 nitrogen and oxygen atoms in total.